The van der Waals surface area contributed by atoms with Crippen LogP contribution in [0.25, 0.3) is 0 Å². The third-order valence-corrected chi connectivity index (χ3v) is 3.32. The van der Waals surface area contributed by atoms with Crippen molar-refractivity contribution in [3.63, 3.8) is 0 Å². The predicted molar refractivity (Wildman–Crippen MR) is 91.1 cm³/mol. The van der Waals surface area contributed by atoms with E-state index in [0.717, 1.165) is 22.7 Å². The summed E-state index contributed by atoms with van der Waals surface area (Å²) in [7, 11) is 1.85. The van der Waals surface area contributed by atoms with Crippen LogP contribution in [-0.2, 0) is 6.61 Å². The van der Waals surface area contributed by atoms with Crippen LogP contribution in [0.15, 0.2) is 72.9 Å². The Balaban J connectivity index is 1.58. The molecule has 1 heterocycles. The third-order valence-electron chi connectivity index (χ3n) is 3.32. The first-order valence-corrected chi connectivity index (χ1v) is 7.42. The van der Waals surface area contributed by atoms with Crippen molar-refractivity contribution in [1.29, 1.82) is 0 Å². The number of hydrogen-bond acceptors (Lipinski definition) is 4. The van der Waals surface area contributed by atoms with Crippen LogP contribution >= 0.6 is 0 Å². The Morgan fingerprint density at radius 2 is 1.61 bits per heavy atom. The van der Waals surface area contributed by atoms with E-state index in [4.69, 9.17) is 9.47 Å². The summed E-state index contributed by atoms with van der Waals surface area (Å²) in [5.41, 5.74) is 2.09. The number of ether oxygens (including phenoxy) is 2. The second-order valence-electron chi connectivity index (χ2n) is 4.98. The first kappa shape index (κ1) is 14.9. The summed E-state index contributed by atoms with van der Waals surface area (Å²) < 4.78 is 11.4. The fourth-order valence-electron chi connectivity index (χ4n) is 2.05. The molecule has 23 heavy (non-hydrogen) atoms. The number of nitrogens with zero attached hydrogens (tertiary/aromatic N) is 1. The summed E-state index contributed by atoms with van der Waals surface area (Å²) in [6.45, 7) is 0.550. The lowest BCUT2D eigenvalue weighted by molar-refractivity contribution is 0.305. The molecule has 0 fully saturated rings. The van der Waals surface area contributed by atoms with Crippen molar-refractivity contribution in [2.75, 3.05) is 12.4 Å². The van der Waals surface area contributed by atoms with E-state index in [1.165, 1.54) is 0 Å². The molecular formula is C19H18N2O2. The fraction of sp³-hybridized carbons (Fsp3) is 0.105. The second-order valence-corrected chi connectivity index (χ2v) is 4.98. The Labute approximate surface area is 135 Å². The second kappa shape index (κ2) is 7.31. The van der Waals surface area contributed by atoms with Crippen LogP contribution in [0, 0.1) is 0 Å². The van der Waals surface area contributed by atoms with E-state index in [9.17, 15) is 0 Å². The van der Waals surface area contributed by atoms with Gasteiger partial charge in [-0.3, -0.25) is 0 Å². The molecule has 0 atom stereocenters. The third kappa shape index (κ3) is 4.23. The molecule has 116 valence electrons. The van der Waals surface area contributed by atoms with E-state index in [0.29, 0.717) is 12.5 Å². The average molecular weight is 306 g/mol. The Morgan fingerprint density at radius 3 is 2.26 bits per heavy atom. The van der Waals surface area contributed by atoms with Crippen LogP contribution in [-0.4, -0.2) is 12.0 Å². The minimum Gasteiger partial charge on any atom is -0.489 e. The molecule has 0 unspecified atom stereocenters. The van der Waals surface area contributed by atoms with Gasteiger partial charge in [-0.15, -0.1) is 0 Å². The van der Waals surface area contributed by atoms with Crippen molar-refractivity contribution in [2.24, 2.45) is 0 Å². The van der Waals surface area contributed by atoms with Crippen molar-refractivity contribution < 1.29 is 9.47 Å². The molecule has 2 aromatic carbocycles. The van der Waals surface area contributed by atoms with Crippen molar-refractivity contribution in [2.45, 2.75) is 6.61 Å². The monoisotopic (exact) mass is 306 g/mol. The van der Waals surface area contributed by atoms with Gasteiger partial charge >= 0.3 is 0 Å². The first-order chi connectivity index (χ1) is 11.3. The highest BCUT2D eigenvalue weighted by Crippen LogP contribution is 2.23. The molecule has 4 heteroatoms. The highest BCUT2D eigenvalue weighted by molar-refractivity contribution is 5.42. The van der Waals surface area contributed by atoms with Crippen LogP contribution in [0.4, 0.5) is 5.69 Å². The van der Waals surface area contributed by atoms with Crippen LogP contribution in [0.5, 0.6) is 17.4 Å². The van der Waals surface area contributed by atoms with E-state index < -0.39 is 0 Å². The maximum atomic E-state index is 5.75. The largest absolute Gasteiger partial charge is 0.489 e. The molecule has 0 saturated heterocycles. The molecule has 3 aromatic rings. The lowest BCUT2D eigenvalue weighted by atomic mass is 10.2. The SMILES string of the molecule is CNc1ccc(Oc2ccc(OCc3ccccc3)cc2)nc1. The van der Waals surface area contributed by atoms with Gasteiger partial charge in [-0.2, -0.15) is 0 Å². The maximum absolute atomic E-state index is 5.75. The summed E-state index contributed by atoms with van der Waals surface area (Å²) in [6.07, 6.45) is 1.73. The van der Waals surface area contributed by atoms with Crippen molar-refractivity contribution in [1.82, 2.24) is 4.98 Å². The fourth-order valence-corrected chi connectivity index (χ4v) is 2.05. The van der Waals surface area contributed by atoms with E-state index in [-0.39, 0.29) is 0 Å². The molecule has 3 rings (SSSR count). The van der Waals surface area contributed by atoms with E-state index in [1.54, 1.807) is 6.20 Å². The number of aromatic nitrogens is 1. The summed E-state index contributed by atoms with van der Waals surface area (Å²) in [6, 6.07) is 21.3. The minimum absolute atomic E-state index is 0.550. The number of anilines is 1. The van der Waals surface area contributed by atoms with Gasteiger partial charge in [0, 0.05) is 13.1 Å². The normalized spacial score (nSPS) is 10.1. The zero-order valence-electron chi connectivity index (χ0n) is 12.9. The quantitative estimate of drug-likeness (QED) is 0.728. The van der Waals surface area contributed by atoms with Gasteiger partial charge in [0.15, 0.2) is 0 Å². The predicted octanol–water partition coefficient (Wildman–Crippen LogP) is 4.49. The van der Waals surface area contributed by atoms with Gasteiger partial charge in [0.25, 0.3) is 0 Å². The molecule has 0 bridgehead atoms. The van der Waals surface area contributed by atoms with E-state index in [1.807, 2.05) is 73.8 Å². The van der Waals surface area contributed by atoms with E-state index in [2.05, 4.69) is 10.3 Å². The van der Waals surface area contributed by atoms with Gasteiger partial charge < -0.3 is 14.8 Å². The number of pyridine rings is 1. The Hall–Kier alpha value is -3.01. The lowest BCUT2D eigenvalue weighted by Gasteiger charge is -2.08. The van der Waals surface area contributed by atoms with Crippen LogP contribution in [0.3, 0.4) is 0 Å². The zero-order chi connectivity index (χ0) is 15.9. The molecule has 0 spiro atoms. The van der Waals surface area contributed by atoms with Crippen molar-refractivity contribution in [3.8, 4) is 17.4 Å². The van der Waals surface area contributed by atoms with Gasteiger partial charge in [0.2, 0.25) is 5.88 Å². The molecule has 0 aliphatic rings. The average Bonchev–Trinajstić information content (AvgIpc) is 2.63. The zero-order valence-corrected chi connectivity index (χ0v) is 12.9. The van der Waals surface area contributed by atoms with Crippen molar-refractivity contribution in [3.05, 3.63) is 78.5 Å². The highest BCUT2D eigenvalue weighted by Gasteiger charge is 2.00. The summed E-state index contributed by atoms with van der Waals surface area (Å²) in [5.74, 6) is 2.09. The molecule has 1 aromatic heterocycles. The number of benzene rings is 2. The van der Waals surface area contributed by atoms with Crippen molar-refractivity contribution >= 4 is 5.69 Å². The van der Waals surface area contributed by atoms with Gasteiger partial charge in [-0.05, 0) is 35.9 Å². The van der Waals surface area contributed by atoms with Gasteiger partial charge in [-0.25, -0.2) is 4.98 Å². The summed E-state index contributed by atoms with van der Waals surface area (Å²) in [4.78, 5) is 4.23. The molecule has 1 N–H and O–H groups in total. The van der Waals surface area contributed by atoms with Crippen LogP contribution in [0.1, 0.15) is 5.56 Å². The molecule has 0 saturated carbocycles. The van der Waals surface area contributed by atoms with Crippen LogP contribution in [0.2, 0.25) is 0 Å². The first-order valence-electron chi connectivity index (χ1n) is 7.42. The summed E-state index contributed by atoms with van der Waals surface area (Å²) >= 11 is 0. The Bertz CT molecular complexity index is 726. The highest BCUT2D eigenvalue weighted by atomic mass is 16.5. The summed E-state index contributed by atoms with van der Waals surface area (Å²) in [5, 5.41) is 3.02. The standard InChI is InChI=1S/C19H18N2O2/c1-20-16-7-12-19(21-13-16)23-18-10-8-17(9-11-18)22-14-15-5-3-2-4-6-15/h2-13,20H,14H2,1H3. The Morgan fingerprint density at radius 1 is 0.870 bits per heavy atom. The lowest BCUT2D eigenvalue weighted by Crippen LogP contribution is -1.95. The smallest absolute Gasteiger partial charge is 0.219 e. The van der Waals surface area contributed by atoms with Gasteiger partial charge in [-0.1, -0.05) is 30.3 Å². The molecule has 0 aliphatic heterocycles. The molecule has 0 aliphatic carbocycles. The van der Waals surface area contributed by atoms with Gasteiger partial charge in [0.05, 0.1) is 11.9 Å². The molecular weight excluding hydrogens is 288 g/mol. The number of hydrogen-bond donors (Lipinski definition) is 1. The molecule has 0 radical (unpaired) electrons. The van der Waals surface area contributed by atoms with Crippen LogP contribution < -0.4 is 14.8 Å². The molecule has 4 nitrogen and oxygen atoms in total. The molecule has 0 amide bonds. The van der Waals surface area contributed by atoms with E-state index >= 15 is 0 Å². The minimum atomic E-state index is 0.550. The maximum Gasteiger partial charge on any atom is 0.219 e. The Kier molecular flexibility index (Phi) is 4.74. The number of nitrogens with one attached hydrogen (secondary N) is 1. The topological polar surface area (TPSA) is 43.4 Å². The van der Waals surface area contributed by atoms with Gasteiger partial charge in [0.1, 0.15) is 18.1 Å². The number of rotatable bonds is 6.